The topological polar surface area (TPSA) is 56.3 Å². The number of piperazine rings is 1. The molecule has 2 aliphatic heterocycles. The Morgan fingerprint density at radius 3 is 2.50 bits per heavy atom. The second-order valence-corrected chi connectivity index (χ2v) is 8.30. The molecule has 1 amide bonds. The Morgan fingerprint density at radius 1 is 1.00 bits per heavy atom. The Bertz CT molecular complexity index is 870. The second-order valence-electron chi connectivity index (χ2n) is 7.90. The predicted molar refractivity (Wildman–Crippen MR) is 118 cm³/mol. The summed E-state index contributed by atoms with van der Waals surface area (Å²) in [6, 6.07) is 15.4. The summed E-state index contributed by atoms with van der Waals surface area (Å²) < 4.78 is 5.63. The summed E-state index contributed by atoms with van der Waals surface area (Å²) in [5, 5.41) is 10.9. The average Bonchev–Trinajstić information content (AvgIpc) is 3.19. The molecule has 2 heterocycles. The molecule has 6 nitrogen and oxygen atoms in total. The SMILES string of the molecule is O=C(CN1CCN(CC(O)COc2ccccc2Cl)CC1)N1CCc2ccccc21. The summed E-state index contributed by atoms with van der Waals surface area (Å²) in [4.78, 5) is 19.1. The molecule has 2 aliphatic rings. The highest BCUT2D eigenvalue weighted by Crippen LogP contribution is 2.27. The van der Waals surface area contributed by atoms with Gasteiger partial charge in [-0.05, 0) is 30.2 Å². The monoisotopic (exact) mass is 429 g/mol. The van der Waals surface area contributed by atoms with E-state index >= 15 is 0 Å². The molecule has 160 valence electrons. The summed E-state index contributed by atoms with van der Waals surface area (Å²) in [5.41, 5.74) is 2.31. The van der Waals surface area contributed by atoms with Gasteiger partial charge in [0, 0.05) is 45.0 Å². The number of para-hydroxylation sites is 2. The number of β-amino-alcohol motifs (C(OH)–C–C–N with tert-alkyl or cyclic N) is 1. The lowest BCUT2D eigenvalue weighted by Gasteiger charge is -2.35. The van der Waals surface area contributed by atoms with Crippen LogP contribution in [0, 0.1) is 0 Å². The number of rotatable bonds is 7. The molecule has 2 aromatic carbocycles. The quantitative estimate of drug-likeness (QED) is 0.731. The van der Waals surface area contributed by atoms with Crippen LogP contribution in [0.4, 0.5) is 5.69 Å². The third-order valence-electron chi connectivity index (χ3n) is 5.75. The number of fused-ring (bicyclic) bond motifs is 1. The minimum atomic E-state index is -0.587. The molecule has 0 saturated carbocycles. The van der Waals surface area contributed by atoms with Crippen LogP contribution in [0.5, 0.6) is 5.75 Å². The standard InChI is InChI=1S/C23H28ClN3O3/c24-20-6-2-4-8-22(20)30-17-19(28)15-25-11-13-26(14-12-25)16-23(29)27-10-9-18-5-1-3-7-21(18)27/h1-8,19,28H,9-17H2. The van der Waals surface area contributed by atoms with Gasteiger partial charge in [-0.3, -0.25) is 14.6 Å². The summed E-state index contributed by atoms with van der Waals surface area (Å²) in [6.07, 6.45) is 0.347. The maximum atomic E-state index is 12.8. The number of ether oxygens (including phenoxy) is 1. The maximum absolute atomic E-state index is 12.8. The van der Waals surface area contributed by atoms with Gasteiger partial charge in [0.2, 0.25) is 5.91 Å². The Hall–Kier alpha value is -2.12. The zero-order valence-corrected chi connectivity index (χ0v) is 17.8. The van der Waals surface area contributed by atoms with Gasteiger partial charge in [-0.1, -0.05) is 41.9 Å². The Morgan fingerprint density at radius 2 is 1.70 bits per heavy atom. The van der Waals surface area contributed by atoms with Gasteiger partial charge < -0.3 is 14.7 Å². The first kappa shape index (κ1) is 21.1. The molecule has 0 spiro atoms. The van der Waals surface area contributed by atoms with Crippen LogP contribution in [0.1, 0.15) is 5.56 Å². The molecule has 0 aromatic heterocycles. The lowest BCUT2D eigenvalue weighted by Crippen LogP contribution is -2.51. The number of aliphatic hydroxyl groups is 1. The minimum absolute atomic E-state index is 0.168. The summed E-state index contributed by atoms with van der Waals surface area (Å²) in [6.45, 7) is 5.26. The van der Waals surface area contributed by atoms with E-state index in [1.54, 1.807) is 12.1 Å². The molecule has 7 heteroatoms. The average molecular weight is 430 g/mol. The van der Waals surface area contributed by atoms with Crippen molar-refractivity contribution in [2.24, 2.45) is 0 Å². The lowest BCUT2D eigenvalue weighted by molar-refractivity contribution is -0.120. The third-order valence-corrected chi connectivity index (χ3v) is 6.06. The molecule has 1 atom stereocenters. The number of nitrogens with zero attached hydrogens (tertiary/aromatic N) is 3. The number of aliphatic hydroxyl groups excluding tert-OH is 1. The summed E-state index contributed by atoms with van der Waals surface area (Å²) in [7, 11) is 0. The number of amides is 1. The van der Waals surface area contributed by atoms with Crippen LogP contribution in [0.2, 0.25) is 5.02 Å². The molecule has 1 saturated heterocycles. The van der Waals surface area contributed by atoms with Gasteiger partial charge in [0.25, 0.3) is 0 Å². The van der Waals surface area contributed by atoms with Crippen LogP contribution >= 0.6 is 11.6 Å². The van der Waals surface area contributed by atoms with Gasteiger partial charge in [-0.15, -0.1) is 0 Å². The molecule has 0 aliphatic carbocycles. The Labute approximate surface area is 182 Å². The van der Waals surface area contributed by atoms with Crippen molar-refractivity contribution in [3.63, 3.8) is 0 Å². The minimum Gasteiger partial charge on any atom is -0.489 e. The number of anilines is 1. The number of hydrogen-bond acceptors (Lipinski definition) is 5. The second kappa shape index (κ2) is 9.79. The number of hydrogen-bond donors (Lipinski definition) is 1. The van der Waals surface area contributed by atoms with Crippen LogP contribution in [0.15, 0.2) is 48.5 Å². The van der Waals surface area contributed by atoms with E-state index in [2.05, 4.69) is 15.9 Å². The molecule has 1 fully saturated rings. The van der Waals surface area contributed by atoms with E-state index in [-0.39, 0.29) is 12.5 Å². The van der Waals surface area contributed by atoms with Crippen molar-refractivity contribution in [2.75, 3.05) is 57.3 Å². The van der Waals surface area contributed by atoms with Crippen molar-refractivity contribution in [2.45, 2.75) is 12.5 Å². The largest absolute Gasteiger partial charge is 0.489 e. The van der Waals surface area contributed by atoms with Crippen molar-refractivity contribution >= 4 is 23.2 Å². The molecule has 1 N–H and O–H groups in total. The van der Waals surface area contributed by atoms with Gasteiger partial charge in [0.1, 0.15) is 18.5 Å². The number of halogens is 1. The lowest BCUT2D eigenvalue weighted by atomic mass is 10.2. The molecule has 30 heavy (non-hydrogen) atoms. The molecule has 0 bridgehead atoms. The highest BCUT2D eigenvalue weighted by atomic mass is 35.5. The smallest absolute Gasteiger partial charge is 0.241 e. The van der Waals surface area contributed by atoms with E-state index in [1.165, 1.54) is 5.56 Å². The predicted octanol–water partition coefficient (Wildman–Crippen LogP) is 2.29. The van der Waals surface area contributed by atoms with Gasteiger partial charge in [-0.25, -0.2) is 0 Å². The van der Waals surface area contributed by atoms with Crippen LogP contribution in [-0.2, 0) is 11.2 Å². The Kier molecular flexibility index (Phi) is 6.89. The molecule has 4 rings (SSSR count). The fourth-order valence-corrected chi connectivity index (χ4v) is 4.29. The fraction of sp³-hybridized carbons (Fsp3) is 0.435. The van der Waals surface area contributed by atoms with E-state index in [9.17, 15) is 9.90 Å². The van der Waals surface area contributed by atoms with Crippen LogP contribution in [-0.4, -0.2) is 79.3 Å². The molecular formula is C23H28ClN3O3. The Balaban J connectivity index is 1.19. The van der Waals surface area contributed by atoms with Crippen molar-refractivity contribution in [3.05, 3.63) is 59.1 Å². The van der Waals surface area contributed by atoms with Crippen molar-refractivity contribution in [1.82, 2.24) is 9.80 Å². The van der Waals surface area contributed by atoms with Crippen molar-refractivity contribution in [3.8, 4) is 5.75 Å². The van der Waals surface area contributed by atoms with Gasteiger partial charge in [0.15, 0.2) is 0 Å². The molecule has 2 aromatic rings. The molecule has 0 radical (unpaired) electrons. The number of carbonyl (C=O) groups excluding carboxylic acids is 1. The molecule has 1 unspecified atom stereocenters. The van der Waals surface area contributed by atoms with E-state index < -0.39 is 6.10 Å². The van der Waals surface area contributed by atoms with Crippen LogP contribution < -0.4 is 9.64 Å². The highest BCUT2D eigenvalue weighted by Gasteiger charge is 2.27. The van der Waals surface area contributed by atoms with Gasteiger partial charge in [0.05, 0.1) is 11.6 Å². The van der Waals surface area contributed by atoms with Crippen molar-refractivity contribution < 1.29 is 14.6 Å². The zero-order valence-electron chi connectivity index (χ0n) is 17.0. The highest BCUT2D eigenvalue weighted by molar-refractivity contribution is 6.32. The van der Waals surface area contributed by atoms with Gasteiger partial charge >= 0.3 is 0 Å². The number of benzene rings is 2. The van der Waals surface area contributed by atoms with E-state index in [1.807, 2.05) is 35.2 Å². The third kappa shape index (κ3) is 5.13. The van der Waals surface area contributed by atoms with E-state index in [0.717, 1.165) is 44.8 Å². The normalized spacial score (nSPS) is 18.3. The van der Waals surface area contributed by atoms with Gasteiger partial charge in [-0.2, -0.15) is 0 Å². The van der Waals surface area contributed by atoms with Crippen molar-refractivity contribution in [1.29, 1.82) is 0 Å². The molecular weight excluding hydrogens is 402 g/mol. The summed E-state index contributed by atoms with van der Waals surface area (Å²) in [5.74, 6) is 0.756. The number of carbonyl (C=O) groups is 1. The van der Waals surface area contributed by atoms with Crippen LogP contribution in [0.3, 0.4) is 0 Å². The van der Waals surface area contributed by atoms with Crippen LogP contribution in [0.25, 0.3) is 0 Å². The first-order valence-corrected chi connectivity index (χ1v) is 10.9. The van der Waals surface area contributed by atoms with E-state index in [0.29, 0.717) is 23.9 Å². The summed E-state index contributed by atoms with van der Waals surface area (Å²) >= 11 is 6.08. The first-order chi connectivity index (χ1) is 14.6. The van der Waals surface area contributed by atoms with E-state index in [4.69, 9.17) is 16.3 Å². The fourth-order valence-electron chi connectivity index (χ4n) is 4.10. The first-order valence-electron chi connectivity index (χ1n) is 10.5. The maximum Gasteiger partial charge on any atom is 0.241 e. The zero-order chi connectivity index (χ0) is 20.9.